The van der Waals surface area contributed by atoms with Gasteiger partial charge in [-0.15, -0.1) is 0 Å². The van der Waals surface area contributed by atoms with Crippen molar-refractivity contribution in [2.75, 3.05) is 7.05 Å². The van der Waals surface area contributed by atoms with E-state index in [1.54, 1.807) is 30.1 Å². The number of amides is 1. The molecule has 0 fully saturated rings. The molecule has 1 aromatic carbocycles. The van der Waals surface area contributed by atoms with Crippen LogP contribution in [0.2, 0.25) is 0 Å². The molecule has 0 spiro atoms. The van der Waals surface area contributed by atoms with Crippen LogP contribution in [0, 0.1) is 11.3 Å². The number of aromatic nitrogens is 1. The molecule has 1 heterocycles. The first-order valence-electron chi connectivity index (χ1n) is 6.45. The van der Waals surface area contributed by atoms with E-state index in [1.165, 1.54) is 13.1 Å². The SMILES string of the molecule is CC(=O)c1c[nH]c(C(=O)N(C)Cc2ccc(C#N)cc2)c1. The first-order valence-corrected chi connectivity index (χ1v) is 6.45. The molecule has 0 aliphatic carbocycles. The second-order valence-electron chi connectivity index (χ2n) is 4.83. The molecule has 0 saturated carbocycles. The molecule has 0 saturated heterocycles. The van der Waals surface area contributed by atoms with Gasteiger partial charge in [0.15, 0.2) is 5.78 Å². The van der Waals surface area contributed by atoms with Crippen LogP contribution in [-0.2, 0) is 6.54 Å². The van der Waals surface area contributed by atoms with Crippen molar-refractivity contribution in [1.82, 2.24) is 9.88 Å². The maximum atomic E-state index is 12.2. The van der Waals surface area contributed by atoms with Crippen LogP contribution in [0.3, 0.4) is 0 Å². The van der Waals surface area contributed by atoms with Gasteiger partial charge in [0.1, 0.15) is 5.69 Å². The zero-order chi connectivity index (χ0) is 15.4. The Morgan fingerprint density at radius 1 is 1.29 bits per heavy atom. The number of nitrogens with one attached hydrogen (secondary N) is 1. The van der Waals surface area contributed by atoms with Crippen molar-refractivity contribution in [3.05, 3.63) is 58.9 Å². The van der Waals surface area contributed by atoms with Gasteiger partial charge >= 0.3 is 0 Å². The smallest absolute Gasteiger partial charge is 0.270 e. The minimum Gasteiger partial charge on any atom is -0.356 e. The molecule has 1 N–H and O–H groups in total. The lowest BCUT2D eigenvalue weighted by Crippen LogP contribution is -2.26. The second-order valence-corrected chi connectivity index (χ2v) is 4.83. The Labute approximate surface area is 122 Å². The van der Waals surface area contributed by atoms with Crippen LogP contribution >= 0.6 is 0 Å². The Morgan fingerprint density at radius 3 is 2.48 bits per heavy atom. The molecular weight excluding hydrogens is 266 g/mol. The number of nitrogens with zero attached hydrogens (tertiary/aromatic N) is 2. The standard InChI is InChI=1S/C16H15N3O2/c1-11(20)14-7-15(18-9-14)16(21)19(2)10-13-5-3-12(8-17)4-6-13/h3-7,9,18H,10H2,1-2H3. The molecule has 1 amide bonds. The summed E-state index contributed by atoms with van der Waals surface area (Å²) < 4.78 is 0. The van der Waals surface area contributed by atoms with E-state index >= 15 is 0 Å². The fraction of sp³-hybridized carbons (Fsp3) is 0.188. The van der Waals surface area contributed by atoms with Crippen molar-refractivity contribution in [3.63, 3.8) is 0 Å². The molecule has 21 heavy (non-hydrogen) atoms. The van der Waals surface area contributed by atoms with Gasteiger partial charge in [0.25, 0.3) is 5.91 Å². The van der Waals surface area contributed by atoms with Gasteiger partial charge in [-0.3, -0.25) is 9.59 Å². The third-order valence-electron chi connectivity index (χ3n) is 3.17. The number of hydrogen-bond donors (Lipinski definition) is 1. The molecular formula is C16H15N3O2. The first-order chi connectivity index (χ1) is 10.0. The van der Waals surface area contributed by atoms with Gasteiger partial charge in [-0.2, -0.15) is 5.26 Å². The number of ketones is 1. The normalized spacial score (nSPS) is 9.95. The number of nitriles is 1. The fourth-order valence-corrected chi connectivity index (χ4v) is 1.96. The lowest BCUT2D eigenvalue weighted by Gasteiger charge is -2.16. The summed E-state index contributed by atoms with van der Waals surface area (Å²) in [5.74, 6) is -0.271. The first kappa shape index (κ1) is 14.5. The van der Waals surface area contributed by atoms with Crippen molar-refractivity contribution in [3.8, 4) is 6.07 Å². The molecule has 0 aliphatic heterocycles. The molecule has 106 valence electrons. The predicted molar refractivity (Wildman–Crippen MR) is 77.8 cm³/mol. The van der Waals surface area contributed by atoms with Gasteiger partial charge in [-0.1, -0.05) is 12.1 Å². The van der Waals surface area contributed by atoms with Gasteiger partial charge in [-0.25, -0.2) is 0 Å². The molecule has 0 radical (unpaired) electrons. The lowest BCUT2D eigenvalue weighted by molar-refractivity contribution is 0.0780. The Morgan fingerprint density at radius 2 is 1.95 bits per heavy atom. The van der Waals surface area contributed by atoms with E-state index in [2.05, 4.69) is 11.1 Å². The molecule has 0 atom stereocenters. The van der Waals surface area contributed by atoms with Crippen molar-refractivity contribution < 1.29 is 9.59 Å². The summed E-state index contributed by atoms with van der Waals surface area (Å²) in [6, 6.07) is 10.7. The third-order valence-corrected chi connectivity index (χ3v) is 3.17. The minimum atomic E-state index is -0.188. The average Bonchev–Trinajstić information content (AvgIpc) is 2.97. The molecule has 1 aromatic heterocycles. The molecule has 0 unspecified atom stereocenters. The average molecular weight is 281 g/mol. The molecule has 2 aromatic rings. The van der Waals surface area contributed by atoms with E-state index in [0.717, 1.165) is 5.56 Å². The topological polar surface area (TPSA) is 77.0 Å². The summed E-state index contributed by atoms with van der Waals surface area (Å²) >= 11 is 0. The highest BCUT2D eigenvalue weighted by Gasteiger charge is 2.15. The summed E-state index contributed by atoms with van der Waals surface area (Å²) in [6.07, 6.45) is 1.53. The van der Waals surface area contributed by atoms with Crippen LogP contribution in [0.4, 0.5) is 0 Å². The summed E-state index contributed by atoms with van der Waals surface area (Å²) in [7, 11) is 1.69. The van der Waals surface area contributed by atoms with Crippen molar-refractivity contribution in [2.24, 2.45) is 0 Å². The van der Waals surface area contributed by atoms with E-state index in [0.29, 0.717) is 23.4 Å². The number of Topliss-reactive ketones (excluding diaryl/α,β-unsaturated/α-hetero) is 1. The number of carbonyl (C=O) groups is 2. The number of H-pyrrole nitrogens is 1. The molecule has 5 nitrogen and oxygen atoms in total. The van der Waals surface area contributed by atoms with Gasteiger partial charge in [0.2, 0.25) is 0 Å². The third kappa shape index (κ3) is 3.37. The lowest BCUT2D eigenvalue weighted by atomic mass is 10.1. The molecule has 2 rings (SSSR count). The van der Waals surface area contributed by atoms with Gasteiger partial charge in [0, 0.05) is 25.4 Å². The predicted octanol–water partition coefficient (Wildman–Crippen LogP) is 2.36. The highest BCUT2D eigenvalue weighted by molar-refractivity contribution is 5.98. The van der Waals surface area contributed by atoms with Gasteiger partial charge in [0.05, 0.1) is 11.6 Å². The van der Waals surface area contributed by atoms with Gasteiger partial charge in [-0.05, 0) is 30.7 Å². The van der Waals surface area contributed by atoms with E-state index in [9.17, 15) is 9.59 Å². The van der Waals surface area contributed by atoms with E-state index in [4.69, 9.17) is 5.26 Å². The zero-order valence-electron chi connectivity index (χ0n) is 11.9. The van der Waals surface area contributed by atoms with Crippen LogP contribution in [-0.4, -0.2) is 28.6 Å². The number of benzene rings is 1. The van der Waals surface area contributed by atoms with Crippen molar-refractivity contribution in [1.29, 1.82) is 5.26 Å². The maximum Gasteiger partial charge on any atom is 0.270 e. The highest BCUT2D eigenvalue weighted by Crippen LogP contribution is 2.10. The monoisotopic (exact) mass is 281 g/mol. The summed E-state index contributed by atoms with van der Waals surface area (Å²) in [5.41, 5.74) is 2.40. The second kappa shape index (κ2) is 6.06. The van der Waals surface area contributed by atoms with E-state index in [1.807, 2.05) is 12.1 Å². The Balaban J connectivity index is 2.07. The Bertz CT molecular complexity index is 708. The molecule has 0 aliphatic rings. The van der Waals surface area contributed by atoms with Gasteiger partial charge < -0.3 is 9.88 Å². The van der Waals surface area contributed by atoms with E-state index in [-0.39, 0.29) is 11.7 Å². The number of rotatable bonds is 4. The quantitative estimate of drug-likeness (QED) is 0.874. The molecule has 0 bridgehead atoms. The minimum absolute atomic E-state index is 0.0833. The summed E-state index contributed by atoms with van der Waals surface area (Å²) in [4.78, 5) is 27.8. The summed E-state index contributed by atoms with van der Waals surface area (Å²) in [5, 5.41) is 8.75. The van der Waals surface area contributed by atoms with E-state index < -0.39 is 0 Å². The zero-order valence-corrected chi connectivity index (χ0v) is 11.9. The molecule has 5 heteroatoms. The van der Waals surface area contributed by atoms with Crippen LogP contribution in [0.25, 0.3) is 0 Å². The van der Waals surface area contributed by atoms with Crippen LogP contribution in [0.5, 0.6) is 0 Å². The highest BCUT2D eigenvalue weighted by atomic mass is 16.2. The van der Waals surface area contributed by atoms with Crippen molar-refractivity contribution >= 4 is 11.7 Å². The van der Waals surface area contributed by atoms with Crippen LogP contribution in [0.1, 0.15) is 38.9 Å². The van der Waals surface area contributed by atoms with Crippen molar-refractivity contribution in [2.45, 2.75) is 13.5 Å². The van der Waals surface area contributed by atoms with Crippen LogP contribution < -0.4 is 0 Å². The summed E-state index contributed by atoms with van der Waals surface area (Å²) in [6.45, 7) is 1.89. The maximum absolute atomic E-state index is 12.2. The fourth-order valence-electron chi connectivity index (χ4n) is 1.96. The number of hydrogen-bond acceptors (Lipinski definition) is 3. The Hall–Kier alpha value is -2.87. The number of carbonyl (C=O) groups excluding carboxylic acids is 2. The largest absolute Gasteiger partial charge is 0.356 e. The number of aromatic amines is 1. The van der Waals surface area contributed by atoms with Crippen LogP contribution in [0.15, 0.2) is 36.5 Å². The Kier molecular flexibility index (Phi) is 4.19.